The van der Waals surface area contributed by atoms with Crippen LogP contribution in [0.25, 0.3) is 0 Å². The van der Waals surface area contributed by atoms with E-state index in [1.54, 1.807) is 23.1 Å². The van der Waals surface area contributed by atoms with Crippen LogP contribution in [-0.4, -0.2) is 30.4 Å². The topological polar surface area (TPSA) is 81.4 Å². The molecule has 9 heteroatoms. The highest BCUT2D eigenvalue weighted by molar-refractivity contribution is 8.00. The molecule has 0 saturated heterocycles. The van der Waals surface area contributed by atoms with Crippen LogP contribution in [0.4, 0.5) is 10.8 Å². The first kappa shape index (κ1) is 18.8. The van der Waals surface area contributed by atoms with Gasteiger partial charge in [0, 0.05) is 12.2 Å². The molecule has 0 bridgehead atoms. The third-order valence-corrected chi connectivity index (χ3v) is 5.97. The molecule has 0 aliphatic rings. The first-order valence-corrected chi connectivity index (χ1v) is 10.6. The summed E-state index contributed by atoms with van der Waals surface area (Å²) in [5, 5.41) is 24.7. The number of tetrazole rings is 1. The summed E-state index contributed by atoms with van der Waals surface area (Å²) in [6, 6.07) is 6.43. The SMILES string of the molecule is CCCn1nnnc1CSc1nnc(Nc2c(CC)cccc2CC)s1. The standard InChI is InChI=1S/C17H23N7S2/c1-4-10-24-14(19-22-23-24)11-25-17-21-20-16(26-17)18-15-12(5-2)8-7-9-13(15)6-3/h7-9H,4-6,10-11H2,1-3H3,(H,18,20). The highest BCUT2D eigenvalue weighted by Crippen LogP contribution is 2.32. The van der Waals surface area contributed by atoms with Crippen molar-refractivity contribution in [1.29, 1.82) is 0 Å². The zero-order chi connectivity index (χ0) is 18.4. The maximum absolute atomic E-state index is 4.30. The van der Waals surface area contributed by atoms with Gasteiger partial charge >= 0.3 is 0 Å². The van der Waals surface area contributed by atoms with Gasteiger partial charge in [0.1, 0.15) is 0 Å². The van der Waals surface area contributed by atoms with Gasteiger partial charge in [-0.2, -0.15) is 0 Å². The summed E-state index contributed by atoms with van der Waals surface area (Å²) >= 11 is 3.17. The number of nitrogens with zero attached hydrogens (tertiary/aromatic N) is 6. The molecule has 0 spiro atoms. The summed E-state index contributed by atoms with van der Waals surface area (Å²) in [7, 11) is 0. The van der Waals surface area contributed by atoms with Crippen molar-refractivity contribution in [2.75, 3.05) is 5.32 Å². The lowest BCUT2D eigenvalue weighted by Gasteiger charge is -2.13. The van der Waals surface area contributed by atoms with Crippen molar-refractivity contribution in [2.24, 2.45) is 0 Å². The minimum absolute atomic E-state index is 0.688. The Balaban J connectivity index is 1.68. The molecule has 0 atom stereocenters. The van der Waals surface area contributed by atoms with E-state index in [0.717, 1.165) is 46.8 Å². The Labute approximate surface area is 161 Å². The first-order chi connectivity index (χ1) is 12.7. The Kier molecular flexibility index (Phi) is 6.56. The van der Waals surface area contributed by atoms with Gasteiger partial charge in [-0.1, -0.05) is 62.1 Å². The number of para-hydroxylation sites is 1. The van der Waals surface area contributed by atoms with Crippen LogP contribution < -0.4 is 5.32 Å². The van der Waals surface area contributed by atoms with Crippen molar-refractivity contribution >= 4 is 33.9 Å². The molecule has 3 aromatic rings. The molecule has 0 saturated carbocycles. The number of hydrogen-bond acceptors (Lipinski definition) is 8. The van der Waals surface area contributed by atoms with Gasteiger partial charge in [-0.05, 0) is 40.8 Å². The molecule has 26 heavy (non-hydrogen) atoms. The van der Waals surface area contributed by atoms with E-state index in [4.69, 9.17) is 0 Å². The highest BCUT2D eigenvalue weighted by atomic mass is 32.2. The molecule has 0 fully saturated rings. The van der Waals surface area contributed by atoms with E-state index >= 15 is 0 Å². The smallest absolute Gasteiger partial charge is 0.210 e. The van der Waals surface area contributed by atoms with Crippen molar-refractivity contribution in [2.45, 2.75) is 56.7 Å². The van der Waals surface area contributed by atoms with Crippen molar-refractivity contribution in [3.63, 3.8) is 0 Å². The molecule has 7 nitrogen and oxygen atoms in total. The normalized spacial score (nSPS) is 11.0. The molecule has 0 amide bonds. The van der Waals surface area contributed by atoms with Crippen LogP contribution in [0.2, 0.25) is 0 Å². The van der Waals surface area contributed by atoms with Crippen LogP contribution in [-0.2, 0) is 25.1 Å². The Morgan fingerprint density at radius 1 is 1.08 bits per heavy atom. The van der Waals surface area contributed by atoms with Crippen molar-refractivity contribution < 1.29 is 0 Å². The molecule has 138 valence electrons. The number of anilines is 2. The largest absolute Gasteiger partial charge is 0.330 e. The second-order valence-electron chi connectivity index (χ2n) is 5.76. The second kappa shape index (κ2) is 9.09. The van der Waals surface area contributed by atoms with Crippen LogP contribution >= 0.6 is 23.1 Å². The lowest BCUT2D eigenvalue weighted by atomic mass is 10.0. The summed E-state index contributed by atoms with van der Waals surface area (Å²) in [4.78, 5) is 0. The monoisotopic (exact) mass is 389 g/mol. The van der Waals surface area contributed by atoms with Crippen LogP contribution in [0, 0.1) is 0 Å². The molecule has 0 aliphatic carbocycles. The predicted octanol–water partition coefficient (Wildman–Crippen LogP) is 4.10. The Bertz CT molecular complexity index is 821. The van der Waals surface area contributed by atoms with E-state index in [-0.39, 0.29) is 0 Å². The van der Waals surface area contributed by atoms with E-state index in [1.807, 2.05) is 4.68 Å². The van der Waals surface area contributed by atoms with Gasteiger partial charge in [-0.3, -0.25) is 0 Å². The number of rotatable bonds is 9. The fraction of sp³-hybridized carbons (Fsp3) is 0.471. The zero-order valence-electron chi connectivity index (χ0n) is 15.3. The van der Waals surface area contributed by atoms with Gasteiger partial charge in [-0.15, -0.1) is 15.3 Å². The number of benzene rings is 1. The molecule has 3 rings (SSSR count). The average Bonchev–Trinajstić information content (AvgIpc) is 3.29. The van der Waals surface area contributed by atoms with Gasteiger partial charge in [0.15, 0.2) is 10.2 Å². The summed E-state index contributed by atoms with van der Waals surface area (Å²) in [6.07, 6.45) is 2.97. The lowest BCUT2D eigenvalue weighted by molar-refractivity contribution is 0.564. The molecule has 1 aromatic carbocycles. The third kappa shape index (κ3) is 4.39. The molecule has 1 N–H and O–H groups in total. The van der Waals surface area contributed by atoms with Crippen molar-refractivity contribution in [3.8, 4) is 0 Å². The molecule has 0 aliphatic heterocycles. The fourth-order valence-corrected chi connectivity index (χ4v) is 4.36. The number of aryl methyl sites for hydroxylation is 3. The maximum atomic E-state index is 4.30. The summed E-state index contributed by atoms with van der Waals surface area (Å²) in [6.45, 7) is 7.28. The quantitative estimate of drug-likeness (QED) is 0.552. The number of thioether (sulfide) groups is 1. The van der Waals surface area contributed by atoms with Crippen LogP contribution in [0.1, 0.15) is 44.1 Å². The summed E-state index contributed by atoms with van der Waals surface area (Å²) in [5.41, 5.74) is 3.76. The molecular formula is C17H23N7S2. The van der Waals surface area contributed by atoms with Crippen LogP contribution in [0.3, 0.4) is 0 Å². The van der Waals surface area contributed by atoms with E-state index < -0.39 is 0 Å². The van der Waals surface area contributed by atoms with E-state index in [2.05, 4.69) is 70.0 Å². The molecule has 0 radical (unpaired) electrons. The van der Waals surface area contributed by atoms with Gasteiger partial charge < -0.3 is 5.32 Å². The van der Waals surface area contributed by atoms with Crippen LogP contribution in [0.15, 0.2) is 22.5 Å². The number of nitrogens with one attached hydrogen (secondary N) is 1. The lowest BCUT2D eigenvalue weighted by Crippen LogP contribution is -2.04. The van der Waals surface area contributed by atoms with Crippen LogP contribution in [0.5, 0.6) is 0 Å². The van der Waals surface area contributed by atoms with E-state index in [0.29, 0.717) is 5.75 Å². The van der Waals surface area contributed by atoms with Gasteiger partial charge in [-0.25, -0.2) is 4.68 Å². The highest BCUT2D eigenvalue weighted by Gasteiger charge is 2.12. The fourth-order valence-electron chi connectivity index (χ4n) is 2.67. The summed E-state index contributed by atoms with van der Waals surface area (Å²) in [5.74, 6) is 1.55. The summed E-state index contributed by atoms with van der Waals surface area (Å²) < 4.78 is 2.75. The Hall–Kier alpha value is -2.00. The Morgan fingerprint density at radius 2 is 1.85 bits per heavy atom. The van der Waals surface area contributed by atoms with E-state index in [9.17, 15) is 0 Å². The molecular weight excluding hydrogens is 366 g/mol. The Morgan fingerprint density at radius 3 is 2.54 bits per heavy atom. The maximum Gasteiger partial charge on any atom is 0.210 e. The van der Waals surface area contributed by atoms with Crippen molar-refractivity contribution in [3.05, 3.63) is 35.2 Å². The second-order valence-corrected chi connectivity index (χ2v) is 7.96. The number of aromatic nitrogens is 6. The average molecular weight is 390 g/mol. The van der Waals surface area contributed by atoms with E-state index in [1.165, 1.54) is 11.1 Å². The number of hydrogen-bond donors (Lipinski definition) is 1. The molecule has 2 heterocycles. The predicted molar refractivity (Wildman–Crippen MR) is 106 cm³/mol. The van der Waals surface area contributed by atoms with Gasteiger partial charge in [0.05, 0.1) is 5.75 Å². The zero-order valence-corrected chi connectivity index (χ0v) is 16.9. The molecule has 2 aromatic heterocycles. The van der Waals surface area contributed by atoms with Crippen molar-refractivity contribution in [1.82, 2.24) is 30.4 Å². The molecule has 0 unspecified atom stereocenters. The minimum atomic E-state index is 0.688. The minimum Gasteiger partial charge on any atom is -0.330 e. The third-order valence-electron chi connectivity index (χ3n) is 4.00. The van der Waals surface area contributed by atoms with Gasteiger partial charge in [0.2, 0.25) is 5.13 Å². The van der Waals surface area contributed by atoms with Gasteiger partial charge in [0.25, 0.3) is 0 Å². The first-order valence-electron chi connectivity index (χ1n) is 8.84.